The number of nitrogens with two attached hydrogens (primary N) is 1. The molecule has 2 aromatic carbocycles. The molecule has 1 heterocycles. The van der Waals surface area contributed by atoms with Crippen LogP contribution in [-0.2, 0) is 0 Å². The van der Waals surface area contributed by atoms with Crippen LogP contribution in [0.15, 0.2) is 64.8 Å². The number of nitrogens with zero attached hydrogens (tertiary/aromatic N) is 2. The van der Waals surface area contributed by atoms with Crippen LogP contribution in [0, 0.1) is 0 Å². The van der Waals surface area contributed by atoms with Gasteiger partial charge in [0.15, 0.2) is 0 Å². The van der Waals surface area contributed by atoms with Gasteiger partial charge in [0.05, 0.1) is 0 Å². The molecule has 0 bridgehead atoms. The van der Waals surface area contributed by atoms with E-state index in [2.05, 4.69) is 45.7 Å². The van der Waals surface area contributed by atoms with Gasteiger partial charge >= 0.3 is 0 Å². The van der Waals surface area contributed by atoms with Crippen LogP contribution in [0.2, 0.25) is 0 Å². The summed E-state index contributed by atoms with van der Waals surface area (Å²) in [5.74, 6) is 5.95. The van der Waals surface area contributed by atoms with Gasteiger partial charge in [-0.25, -0.2) is 15.8 Å². The fourth-order valence-electron chi connectivity index (χ4n) is 1.83. The standard InChI is InChI=1S/C14H12N4S/c15-18-13-8-14(17-9-16-13)19-12-6-5-10-3-1-2-4-11(10)7-12/h1-9H,15H2,(H,16,17,18). The van der Waals surface area contributed by atoms with Crippen LogP contribution >= 0.6 is 11.8 Å². The molecule has 0 atom stereocenters. The highest BCUT2D eigenvalue weighted by molar-refractivity contribution is 7.99. The molecule has 0 saturated heterocycles. The number of hydrazine groups is 1. The van der Waals surface area contributed by atoms with Crippen molar-refractivity contribution >= 4 is 28.4 Å². The van der Waals surface area contributed by atoms with Crippen molar-refractivity contribution in [2.75, 3.05) is 5.43 Å². The third-order valence-electron chi connectivity index (χ3n) is 2.73. The lowest BCUT2D eigenvalue weighted by Gasteiger charge is -2.04. The van der Waals surface area contributed by atoms with Gasteiger partial charge in [-0.3, -0.25) is 0 Å². The summed E-state index contributed by atoms with van der Waals surface area (Å²) < 4.78 is 0. The fraction of sp³-hybridized carbons (Fsp3) is 0. The number of nitrogen functional groups attached to an aromatic ring is 1. The van der Waals surface area contributed by atoms with E-state index in [1.807, 2.05) is 18.2 Å². The highest BCUT2D eigenvalue weighted by atomic mass is 32.2. The average Bonchev–Trinajstić information content (AvgIpc) is 2.47. The molecule has 4 nitrogen and oxygen atoms in total. The first kappa shape index (κ1) is 12.0. The number of benzene rings is 2. The Hall–Kier alpha value is -2.11. The maximum atomic E-state index is 5.34. The van der Waals surface area contributed by atoms with Crippen LogP contribution in [-0.4, -0.2) is 9.97 Å². The van der Waals surface area contributed by atoms with Crippen molar-refractivity contribution in [3.8, 4) is 0 Å². The largest absolute Gasteiger partial charge is 0.308 e. The molecule has 0 fully saturated rings. The van der Waals surface area contributed by atoms with E-state index in [0.717, 1.165) is 9.92 Å². The van der Waals surface area contributed by atoms with E-state index in [-0.39, 0.29) is 0 Å². The first-order valence-electron chi connectivity index (χ1n) is 5.80. The number of hydrogen-bond donors (Lipinski definition) is 2. The Labute approximate surface area is 115 Å². The van der Waals surface area contributed by atoms with Crippen molar-refractivity contribution in [3.05, 3.63) is 54.9 Å². The molecule has 3 N–H and O–H groups in total. The molecule has 0 unspecified atom stereocenters. The van der Waals surface area contributed by atoms with Crippen LogP contribution in [0.1, 0.15) is 0 Å². The van der Waals surface area contributed by atoms with Crippen molar-refractivity contribution in [3.63, 3.8) is 0 Å². The summed E-state index contributed by atoms with van der Waals surface area (Å²) in [6.07, 6.45) is 1.50. The SMILES string of the molecule is NNc1cc(Sc2ccc3ccccc3c2)ncn1. The number of hydrogen-bond acceptors (Lipinski definition) is 5. The van der Waals surface area contributed by atoms with E-state index in [1.54, 1.807) is 11.8 Å². The predicted octanol–water partition coefficient (Wildman–Crippen LogP) is 3.07. The molecule has 0 radical (unpaired) electrons. The highest BCUT2D eigenvalue weighted by Crippen LogP contribution is 2.29. The third-order valence-corrected chi connectivity index (χ3v) is 3.66. The molecule has 0 saturated carbocycles. The van der Waals surface area contributed by atoms with Crippen LogP contribution in [0.5, 0.6) is 0 Å². The molecule has 0 aliphatic carbocycles. The van der Waals surface area contributed by atoms with E-state index in [0.29, 0.717) is 5.82 Å². The average molecular weight is 268 g/mol. The van der Waals surface area contributed by atoms with Gasteiger partial charge in [-0.2, -0.15) is 0 Å². The molecule has 19 heavy (non-hydrogen) atoms. The van der Waals surface area contributed by atoms with E-state index < -0.39 is 0 Å². The summed E-state index contributed by atoms with van der Waals surface area (Å²) in [7, 11) is 0. The summed E-state index contributed by atoms with van der Waals surface area (Å²) in [6, 6.07) is 16.5. The quantitative estimate of drug-likeness (QED) is 0.434. The summed E-state index contributed by atoms with van der Waals surface area (Å²) in [5.41, 5.74) is 2.52. The zero-order chi connectivity index (χ0) is 13.1. The van der Waals surface area contributed by atoms with Crippen molar-refractivity contribution in [1.82, 2.24) is 9.97 Å². The van der Waals surface area contributed by atoms with Gasteiger partial charge < -0.3 is 5.43 Å². The smallest absolute Gasteiger partial charge is 0.144 e. The molecular formula is C14H12N4S. The Kier molecular flexibility index (Phi) is 3.31. The maximum Gasteiger partial charge on any atom is 0.144 e. The van der Waals surface area contributed by atoms with Crippen LogP contribution in [0.4, 0.5) is 5.82 Å². The molecular weight excluding hydrogens is 256 g/mol. The van der Waals surface area contributed by atoms with Gasteiger partial charge in [0.2, 0.25) is 0 Å². The minimum atomic E-state index is 0.610. The number of anilines is 1. The minimum absolute atomic E-state index is 0.610. The van der Waals surface area contributed by atoms with Gasteiger partial charge in [0.1, 0.15) is 17.2 Å². The highest BCUT2D eigenvalue weighted by Gasteiger charge is 2.02. The van der Waals surface area contributed by atoms with E-state index >= 15 is 0 Å². The lowest BCUT2D eigenvalue weighted by Crippen LogP contribution is -2.08. The topological polar surface area (TPSA) is 63.8 Å². The third kappa shape index (κ3) is 2.67. The molecule has 3 aromatic rings. The lowest BCUT2D eigenvalue weighted by atomic mass is 10.1. The first-order chi connectivity index (χ1) is 9.35. The van der Waals surface area contributed by atoms with Crippen molar-refractivity contribution in [2.45, 2.75) is 9.92 Å². The zero-order valence-corrected chi connectivity index (χ0v) is 10.9. The lowest BCUT2D eigenvalue weighted by molar-refractivity contribution is 1.04. The summed E-state index contributed by atoms with van der Waals surface area (Å²) in [4.78, 5) is 9.35. The Balaban J connectivity index is 1.92. The number of fused-ring (bicyclic) bond motifs is 1. The molecule has 0 aliphatic rings. The summed E-state index contributed by atoms with van der Waals surface area (Å²) in [6.45, 7) is 0. The van der Waals surface area contributed by atoms with E-state index in [4.69, 9.17) is 5.84 Å². The second kappa shape index (κ2) is 5.26. The van der Waals surface area contributed by atoms with Gasteiger partial charge in [-0.15, -0.1) is 0 Å². The van der Waals surface area contributed by atoms with E-state index in [9.17, 15) is 0 Å². The second-order valence-electron chi connectivity index (χ2n) is 4.00. The molecule has 0 amide bonds. The normalized spacial score (nSPS) is 10.6. The Morgan fingerprint density at radius 1 is 0.947 bits per heavy atom. The summed E-state index contributed by atoms with van der Waals surface area (Å²) in [5, 5.41) is 3.32. The van der Waals surface area contributed by atoms with Crippen molar-refractivity contribution in [1.29, 1.82) is 0 Å². The predicted molar refractivity (Wildman–Crippen MR) is 77.9 cm³/mol. The number of rotatable bonds is 3. The minimum Gasteiger partial charge on any atom is -0.308 e. The molecule has 5 heteroatoms. The Bertz CT molecular complexity index is 714. The number of nitrogens with one attached hydrogen (secondary N) is 1. The van der Waals surface area contributed by atoms with Crippen LogP contribution in [0.25, 0.3) is 10.8 Å². The van der Waals surface area contributed by atoms with Gasteiger partial charge in [0.25, 0.3) is 0 Å². The maximum absolute atomic E-state index is 5.34. The monoisotopic (exact) mass is 268 g/mol. The molecule has 0 spiro atoms. The molecule has 1 aromatic heterocycles. The molecule has 3 rings (SSSR count). The van der Waals surface area contributed by atoms with Crippen LogP contribution < -0.4 is 11.3 Å². The molecule has 0 aliphatic heterocycles. The van der Waals surface area contributed by atoms with Crippen molar-refractivity contribution < 1.29 is 0 Å². The number of aromatic nitrogens is 2. The zero-order valence-electron chi connectivity index (χ0n) is 10.1. The molecule has 94 valence electrons. The second-order valence-corrected chi connectivity index (χ2v) is 5.09. The first-order valence-corrected chi connectivity index (χ1v) is 6.62. The fourth-order valence-corrected chi connectivity index (χ4v) is 2.66. The van der Waals surface area contributed by atoms with Crippen molar-refractivity contribution in [2.24, 2.45) is 5.84 Å². The Morgan fingerprint density at radius 3 is 2.63 bits per heavy atom. The Morgan fingerprint density at radius 2 is 1.79 bits per heavy atom. The van der Waals surface area contributed by atoms with E-state index in [1.165, 1.54) is 17.1 Å². The van der Waals surface area contributed by atoms with Crippen LogP contribution in [0.3, 0.4) is 0 Å². The van der Waals surface area contributed by atoms with Gasteiger partial charge in [-0.05, 0) is 22.9 Å². The van der Waals surface area contributed by atoms with Gasteiger partial charge in [-0.1, -0.05) is 42.1 Å². The summed E-state index contributed by atoms with van der Waals surface area (Å²) >= 11 is 1.59. The van der Waals surface area contributed by atoms with Gasteiger partial charge in [0, 0.05) is 11.0 Å².